The van der Waals surface area contributed by atoms with E-state index in [1.807, 2.05) is 0 Å². The van der Waals surface area contributed by atoms with Crippen molar-refractivity contribution in [3.05, 3.63) is 83.4 Å². The fraction of sp³-hybridized carbons (Fsp3) is 0.0909. The van der Waals surface area contributed by atoms with Gasteiger partial charge in [-0.2, -0.15) is 5.10 Å². The monoisotopic (exact) mass is 473 g/mol. The van der Waals surface area contributed by atoms with Gasteiger partial charge < -0.3 is 9.84 Å². The number of methoxy groups -OCH3 is 1. The fourth-order valence-electron chi connectivity index (χ4n) is 2.81. The Morgan fingerprint density at radius 2 is 1.81 bits per heavy atom. The number of hydrogen-bond acceptors (Lipinski definition) is 6. The van der Waals surface area contributed by atoms with Gasteiger partial charge in [0.05, 0.1) is 23.9 Å². The molecular formula is C22H20ClN3O5S. The highest BCUT2D eigenvalue weighted by Gasteiger charge is 2.29. The lowest BCUT2D eigenvalue weighted by Crippen LogP contribution is -2.39. The molecular weight excluding hydrogens is 454 g/mol. The molecule has 0 bridgehead atoms. The van der Waals surface area contributed by atoms with Gasteiger partial charge in [0.25, 0.3) is 15.9 Å². The number of benzene rings is 3. The molecule has 3 rings (SSSR count). The number of carbonyl (C=O) groups is 1. The zero-order valence-electron chi connectivity index (χ0n) is 17.0. The molecule has 1 amide bonds. The van der Waals surface area contributed by atoms with Crippen molar-refractivity contribution in [1.82, 2.24) is 5.43 Å². The SMILES string of the molecule is COc1ccc(Cl)cc1N(CC(=O)N/N=C/c1ccccc1O)S(=O)(=O)c1ccccc1. The summed E-state index contributed by atoms with van der Waals surface area (Å²) < 4.78 is 32.9. The van der Waals surface area contributed by atoms with E-state index in [0.717, 1.165) is 4.31 Å². The van der Waals surface area contributed by atoms with E-state index >= 15 is 0 Å². The van der Waals surface area contributed by atoms with Gasteiger partial charge >= 0.3 is 0 Å². The Morgan fingerprint density at radius 3 is 2.50 bits per heavy atom. The van der Waals surface area contributed by atoms with Crippen molar-refractivity contribution < 1.29 is 23.1 Å². The van der Waals surface area contributed by atoms with Crippen LogP contribution in [0.25, 0.3) is 0 Å². The summed E-state index contributed by atoms with van der Waals surface area (Å²) in [6.07, 6.45) is 1.25. The number of ether oxygens (including phenoxy) is 1. The van der Waals surface area contributed by atoms with Crippen LogP contribution >= 0.6 is 11.6 Å². The van der Waals surface area contributed by atoms with Crippen molar-refractivity contribution in [2.24, 2.45) is 5.10 Å². The lowest BCUT2D eigenvalue weighted by molar-refractivity contribution is -0.119. The van der Waals surface area contributed by atoms with Crippen LogP contribution in [0.4, 0.5) is 5.69 Å². The van der Waals surface area contributed by atoms with E-state index in [1.165, 1.54) is 43.7 Å². The van der Waals surface area contributed by atoms with Gasteiger partial charge in [0.2, 0.25) is 0 Å². The number of halogens is 1. The van der Waals surface area contributed by atoms with Gasteiger partial charge in [-0.25, -0.2) is 13.8 Å². The first-order valence-corrected chi connectivity index (χ1v) is 11.2. The maximum atomic E-state index is 13.4. The highest BCUT2D eigenvalue weighted by atomic mass is 35.5. The van der Waals surface area contributed by atoms with Crippen LogP contribution in [-0.2, 0) is 14.8 Å². The molecule has 2 N–H and O–H groups in total. The van der Waals surface area contributed by atoms with E-state index in [4.69, 9.17) is 16.3 Å². The number of sulfonamides is 1. The molecule has 0 aromatic heterocycles. The predicted molar refractivity (Wildman–Crippen MR) is 123 cm³/mol. The van der Waals surface area contributed by atoms with Crippen LogP contribution in [0.5, 0.6) is 11.5 Å². The zero-order chi connectivity index (χ0) is 23.1. The maximum absolute atomic E-state index is 13.4. The first-order chi connectivity index (χ1) is 15.3. The van der Waals surface area contributed by atoms with E-state index in [2.05, 4.69) is 10.5 Å². The van der Waals surface area contributed by atoms with Crippen molar-refractivity contribution in [3.8, 4) is 11.5 Å². The van der Waals surface area contributed by atoms with E-state index in [1.54, 1.807) is 42.5 Å². The fourth-order valence-corrected chi connectivity index (χ4v) is 4.42. The minimum atomic E-state index is -4.14. The molecule has 0 atom stereocenters. The Labute approximate surface area is 190 Å². The second-order valence-corrected chi connectivity index (χ2v) is 8.79. The van der Waals surface area contributed by atoms with Crippen LogP contribution in [0.15, 0.2) is 82.8 Å². The quantitative estimate of drug-likeness (QED) is 0.385. The van der Waals surface area contributed by atoms with E-state index in [0.29, 0.717) is 5.56 Å². The third-order valence-corrected chi connectivity index (χ3v) is 6.37. The lowest BCUT2D eigenvalue weighted by Gasteiger charge is -2.25. The summed E-state index contributed by atoms with van der Waals surface area (Å²) >= 11 is 6.09. The molecule has 0 aliphatic carbocycles. The highest BCUT2D eigenvalue weighted by Crippen LogP contribution is 2.34. The van der Waals surface area contributed by atoms with Gasteiger partial charge in [0, 0.05) is 10.6 Å². The smallest absolute Gasteiger partial charge is 0.264 e. The summed E-state index contributed by atoms with van der Waals surface area (Å²) in [7, 11) is -2.75. The molecule has 3 aromatic carbocycles. The topological polar surface area (TPSA) is 108 Å². The summed E-state index contributed by atoms with van der Waals surface area (Å²) in [4.78, 5) is 12.6. The van der Waals surface area contributed by atoms with Crippen LogP contribution in [0.1, 0.15) is 5.56 Å². The number of anilines is 1. The minimum Gasteiger partial charge on any atom is -0.507 e. The third-order valence-electron chi connectivity index (χ3n) is 4.36. The maximum Gasteiger partial charge on any atom is 0.264 e. The van der Waals surface area contributed by atoms with Gasteiger partial charge in [0.15, 0.2) is 0 Å². The summed E-state index contributed by atoms with van der Waals surface area (Å²) in [6, 6.07) is 18.6. The normalized spacial score (nSPS) is 11.3. The third kappa shape index (κ3) is 5.37. The molecule has 0 fully saturated rings. The largest absolute Gasteiger partial charge is 0.507 e. The summed E-state index contributed by atoms with van der Waals surface area (Å²) in [5, 5.41) is 13.8. The molecule has 0 aliphatic rings. The van der Waals surface area contributed by atoms with Crippen LogP contribution in [-0.4, -0.2) is 39.3 Å². The molecule has 0 radical (unpaired) electrons. The van der Waals surface area contributed by atoms with E-state index < -0.39 is 22.5 Å². The summed E-state index contributed by atoms with van der Waals surface area (Å²) in [5.74, 6) is -0.500. The number of phenolic OH excluding ortho intramolecular Hbond substituents is 1. The average molecular weight is 474 g/mol. The van der Waals surface area contributed by atoms with Gasteiger partial charge in [-0.05, 0) is 42.5 Å². The second-order valence-electron chi connectivity index (χ2n) is 6.49. The Kier molecular flexibility index (Phi) is 7.34. The molecule has 8 nitrogen and oxygen atoms in total. The number of nitrogens with one attached hydrogen (secondary N) is 1. The summed E-state index contributed by atoms with van der Waals surface area (Å²) in [6.45, 7) is -0.591. The molecule has 0 heterocycles. The number of hydrazone groups is 1. The number of nitrogens with zero attached hydrogens (tertiary/aromatic N) is 2. The number of rotatable bonds is 8. The lowest BCUT2D eigenvalue weighted by atomic mass is 10.2. The molecule has 0 saturated heterocycles. The predicted octanol–water partition coefficient (Wildman–Crippen LogP) is 3.40. The van der Waals surface area contributed by atoms with Crippen LogP contribution in [0, 0.1) is 0 Å². The van der Waals surface area contributed by atoms with Crippen LogP contribution < -0.4 is 14.5 Å². The molecule has 166 valence electrons. The Bertz CT molecular complexity index is 1230. The Balaban J connectivity index is 1.92. The molecule has 0 unspecified atom stereocenters. The van der Waals surface area contributed by atoms with Crippen LogP contribution in [0.3, 0.4) is 0 Å². The van der Waals surface area contributed by atoms with Crippen molar-refractivity contribution in [3.63, 3.8) is 0 Å². The molecule has 0 aliphatic heterocycles. The van der Waals surface area contributed by atoms with Crippen molar-refractivity contribution in [1.29, 1.82) is 0 Å². The second kappa shape index (κ2) is 10.2. The van der Waals surface area contributed by atoms with Crippen molar-refractivity contribution >= 4 is 39.4 Å². The van der Waals surface area contributed by atoms with Gasteiger partial charge in [0.1, 0.15) is 18.0 Å². The number of hydrogen-bond donors (Lipinski definition) is 2. The standard InChI is InChI=1S/C22H20ClN3O5S/c1-31-21-12-11-17(23)13-19(21)26(32(29,30)18-8-3-2-4-9-18)15-22(28)25-24-14-16-7-5-6-10-20(16)27/h2-14,27H,15H2,1H3,(H,25,28)/b24-14+. The zero-order valence-corrected chi connectivity index (χ0v) is 18.5. The van der Waals surface area contributed by atoms with Gasteiger partial charge in [-0.3, -0.25) is 9.10 Å². The first-order valence-electron chi connectivity index (χ1n) is 9.34. The molecule has 0 spiro atoms. The number of carbonyl (C=O) groups excluding carboxylic acids is 1. The first kappa shape index (κ1) is 23.1. The van der Waals surface area contributed by atoms with Crippen LogP contribution in [0.2, 0.25) is 5.02 Å². The minimum absolute atomic E-state index is 0.00691. The number of phenols is 1. The Hall–Kier alpha value is -3.56. The van der Waals surface area contributed by atoms with E-state index in [9.17, 15) is 18.3 Å². The van der Waals surface area contributed by atoms with Crippen molar-refractivity contribution in [2.45, 2.75) is 4.90 Å². The highest BCUT2D eigenvalue weighted by molar-refractivity contribution is 7.92. The van der Waals surface area contributed by atoms with Crippen molar-refractivity contribution in [2.75, 3.05) is 18.0 Å². The average Bonchev–Trinajstić information content (AvgIpc) is 2.79. The van der Waals surface area contributed by atoms with E-state index in [-0.39, 0.29) is 27.1 Å². The number of amides is 1. The Morgan fingerprint density at radius 1 is 1.12 bits per heavy atom. The molecule has 3 aromatic rings. The number of para-hydroxylation sites is 1. The molecule has 0 saturated carbocycles. The molecule has 10 heteroatoms. The van der Waals surface area contributed by atoms with Gasteiger partial charge in [-0.1, -0.05) is 41.9 Å². The van der Waals surface area contributed by atoms with Gasteiger partial charge in [-0.15, -0.1) is 0 Å². The number of aromatic hydroxyl groups is 1. The molecule has 32 heavy (non-hydrogen) atoms. The summed E-state index contributed by atoms with van der Waals surface area (Å²) in [5.41, 5.74) is 2.76.